The van der Waals surface area contributed by atoms with E-state index in [1.54, 1.807) is 11.3 Å². The number of aromatic nitrogens is 1. The number of hydrogen-bond acceptors (Lipinski definition) is 5. The SMILES string of the molecule is C[C@@H]1CN(CCC(=O)NCc2nc(-c3ccccc3)cs2)Cc2ccccc2O1. The fourth-order valence-electron chi connectivity index (χ4n) is 3.50. The summed E-state index contributed by atoms with van der Waals surface area (Å²) in [5, 5.41) is 5.95. The second-order valence-electron chi connectivity index (χ2n) is 7.29. The highest BCUT2D eigenvalue weighted by Gasteiger charge is 2.20. The first-order valence-corrected chi connectivity index (χ1v) is 10.8. The maximum Gasteiger partial charge on any atom is 0.221 e. The van der Waals surface area contributed by atoms with Crippen LogP contribution in [0, 0.1) is 0 Å². The molecule has 0 spiro atoms. The number of benzene rings is 2. The van der Waals surface area contributed by atoms with Crippen molar-refractivity contribution < 1.29 is 9.53 Å². The lowest BCUT2D eigenvalue weighted by Gasteiger charge is -2.21. The Bertz CT molecular complexity index is 958. The van der Waals surface area contributed by atoms with Gasteiger partial charge in [-0.25, -0.2) is 4.98 Å². The molecule has 150 valence electrons. The third-order valence-corrected chi connectivity index (χ3v) is 5.77. The third-order valence-electron chi connectivity index (χ3n) is 4.92. The standard InChI is InChI=1S/C23H25N3O2S/c1-17-14-26(15-19-9-5-6-10-21(19)28-17)12-11-22(27)24-13-23-25-20(16-29-23)18-7-3-2-4-8-18/h2-10,16-17H,11-15H2,1H3,(H,24,27)/t17-/m1/s1. The van der Waals surface area contributed by atoms with E-state index in [9.17, 15) is 4.79 Å². The van der Waals surface area contributed by atoms with Gasteiger partial charge in [0.2, 0.25) is 5.91 Å². The van der Waals surface area contributed by atoms with Crippen molar-refractivity contribution in [2.75, 3.05) is 13.1 Å². The molecule has 3 aromatic rings. The predicted octanol–water partition coefficient (Wildman–Crippen LogP) is 4.10. The molecule has 5 nitrogen and oxygen atoms in total. The highest BCUT2D eigenvalue weighted by molar-refractivity contribution is 7.09. The number of thiazole rings is 1. The van der Waals surface area contributed by atoms with Crippen molar-refractivity contribution in [3.63, 3.8) is 0 Å². The van der Waals surface area contributed by atoms with E-state index in [4.69, 9.17) is 4.74 Å². The number of para-hydroxylation sites is 1. The van der Waals surface area contributed by atoms with E-state index in [0.717, 1.165) is 35.1 Å². The summed E-state index contributed by atoms with van der Waals surface area (Å²) in [6, 6.07) is 18.2. The van der Waals surface area contributed by atoms with E-state index in [1.165, 1.54) is 5.56 Å². The Morgan fingerprint density at radius 3 is 2.86 bits per heavy atom. The fraction of sp³-hybridized carbons (Fsp3) is 0.304. The monoisotopic (exact) mass is 407 g/mol. The fourth-order valence-corrected chi connectivity index (χ4v) is 4.24. The van der Waals surface area contributed by atoms with Gasteiger partial charge in [-0.1, -0.05) is 48.5 Å². The molecule has 0 saturated carbocycles. The molecule has 4 rings (SSSR count). The number of carbonyl (C=O) groups excluding carboxylic acids is 1. The lowest BCUT2D eigenvalue weighted by molar-refractivity contribution is -0.121. The van der Waals surface area contributed by atoms with E-state index in [1.807, 2.05) is 53.9 Å². The zero-order valence-electron chi connectivity index (χ0n) is 16.5. The largest absolute Gasteiger partial charge is 0.489 e. The van der Waals surface area contributed by atoms with Crippen LogP contribution >= 0.6 is 11.3 Å². The summed E-state index contributed by atoms with van der Waals surface area (Å²) in [4.78, 5) is 19.3. The Morgan fingerprint density at radius 2 is 2.00 bits per heavy atom. The molecule has 1 amide bonds. The Labute approximate surface area is 175 Å². The first-order chi connectivity index (χ1) is 14.2. The van der Waals surface area contributed by atoms with Gasteiger partial charge in [0.15, 0.2) is 0 Å². The number of carbonyl (C=O) groups is 1. The van der Waals surface area contributed by atoms with Crippen molar-refractivity contribution in [3.8, 4) is 17.0 Å². The molecular formula is C23H25N3O2S. The zero-order valence-corrected chi connectivity index (χ0v) is 17.3. The second kappa shape index (κ2) is 9.20. The number of amides is 1. The molecule has 0 radical (unpaired) electrons. The van der Waals surface area contributed by atoms with Crippen LogP contribution in [0.5, 0.6) is 5.75 Å². The molecule has 0 saturated heterocycles. The Balaban J connectivity index is 1.27. The number of ether oxygens (including phenoxy) is 1. The van der Waals surface area contributed by atoms with Crippen LogP contribution in [-0.4, -0.2) is 35.0 Å². The van der Waals surface area contributed by atoms with Crippen LogP contribution in [0.4, 0.5) is 0 Å². The molecule has 2 aromatic carbocycles. The van der Waals surface area contributed by atoms with Crippen molar-refractivity contribution in [1.29, 1.82) is 0 Å². The van der Waals surface area contributed by atoms with Gasteiger partial charge in [-0.3, -0.25) is 9.69 Å². The number of nitrogens with one attached hydrogen (secondary N) is 1. The summed E-state index contributed by atoms with van der Waals surface area (Å²) < 4.78 is 5.99. The number of rotatable bonds is 6. The minimum Gasteiger partial charge on any atom is -0.489 e. The maximum absolute atomic E-state index is 12.4. The Hall–Kier alpha value is -2.70. The molecule has 1 N–H and O–H groups in total. The molecule has 2 heterocycles. The van der Waals surface area contributed by atoms with Gasteiger partial charge >= 0.3 is 0 Å². The van der Waals surface area contributed by atoms with E-state index >= 15 is 0 Å². The molecule has 0 fully saturated rings. The first kappa shape index (κ1) is 19.6. The molecule has 0 bridgehead atoms. The van der Waals surface area contributed by atoms with E-state index in [0.29, 0.717) is 19.5 Å². The van der Waals surface area contributed by atoms with Crippen LogP contribution in [0.1, 0.15) is 23.9 Å². The summed E-state index contributed by atoms with van der Waals surface area (Å²) in [5.41, 5.74) is 3.23. The quantitative estimate of drug-likeness (QED) is 0.668. The molecule has 0 unspecified atom stereocenters. The molecule has 1 aromatic heterocycles. The summed E-state index contributed by atoms with van der Waals surface area (Å²) >= 11 is 1.58. The number of hydrogen-bond donors (Lipinski definition) is 1. The van der Waals surface area contributed by atoms with Gasteiger partial charge in [0.1, 0.15) is 16.9 Å². The highest BCUT2D eigenvalue weighted by atomic mass is 32.1. The smallest absolute Gasteiger partial charge is 0.221 e. The van der Waals surface area contributed by atoms with Crippen LogP contribution in [-0.2, 0) is 17.9 Å². The Morgan fingerprint density at radius 1 is 1.21 bits per heavy atom. The molecule has 0 aliphatic carbocycles. The van der Waals surface area contributed by atoms with Crippen molar-refractivity contribution >= 4 is 17.2 Å². The summed E-state index contributed by atoms with van der Waals surface area (Å²) in [7, 11) is 0. The number of fused-ring (bicyclic) bond motifs is 1. The number of nitrogens with zero attached hydrogens (tertiary/aromatic N) is 2. The molecule has 1 aliphatic rings. The van der Waals surface area contributed by atoms with E-state index < -0.39 is 0 Å². The van der Waals surface area contributed by atoms with Gasteiger partial charge < -0.3 is 10.1 Å². The van der Waals surface area contributed by atoms with Crippen LogP contribution in [0.2, 0.25) is 0 Å². The van der Waals surface area contributed by atoms with Gasteiger partial charge in [-0.2, -0.15) is 0 Å². The van der Waals surface area contributed by atoms with Crippen molar-refractivity contribution in [1.82, 2.24) is 15.2 Å². The lowest BCUT2D eigenvalue weighted by Crippen LogP contribution is -2.34. The first-order valence-electron chi connectivity index (χ1n) is 9.91. The zero-order chi connectivity index (χ0) is 20.1. The molecule has 29 heavy (non-hydrogen) atoms. The molecule has 1 aliphatic heterocycles. The normalized spacial score (nSPS) is 16.5. The highest BCUT2D eigenvalue weighted by Crippen LogP contribution is 2.25. The van der Waals surface area contributed by atoms with Crippen molar-refractivity contribution in [2.24, 2.45) is 0 Å². The average Bonchev–Trinajstić information content (AvgIpc) is 3.15. The summed E-state index contributed by atoms with van der Waals surface area (Å²) in [6.45, 7) is 4.87. The van der Waals surface area contributed by atoms with Crippen molar-refractivity contribution in [3.05, 3.63) is 70.5 Å². The van der Waals surface area contributed by atoms with E-state index in [-0.39, 0.29) is 12.0 Å². The second-order valence-corrected chi connectivity index (χ2v) is 8.23. The van der Waals surface area contributed by atoms with Gasteiger partial charge in [0.05, 0.1) is 12.2 Å². The van der Waals surface area contributed by atoms with Crippen LogP contribution in [0.3, 0.4) is 0 Å². The average molecular weight is 408 g/mol. The lowest BCUT2D eigenvalue weighted by atomic mass is 10.2. The van der Waals surface area contributed by atoms with E-state index in [2.05, 4.69) is 28.2 Å². The Kier molecular flexibility index (Phi) is 6.22. The van der Waals surface area contributed by atoms with Crippen LogP contribution in [0.15, 0.2) is 60.0 Å². The minimum absolute atomic E-state index is 0.0487. The van der Waals surface area contributed by atoms with Gasteiger partial charge in [-0.05, 0) is 13.0 Å². The molecular weight excluding hydrogens is 382 g/mol. The van der Waals surface area contributed by atoms with Crippen molar-refractivity contribution in [2.45, 2.75) is 32.5 Å². The van der Waals surface area contributed by atoms with Crippen LogP contribution < -0.4 is 10.1 Å². The van der Waals surface area contributed by atoms with Gasteiger partial charge in [0, 0.05) is 42.6 Å². The third kappa shape index (κ3) is 5.22. The maximum atomic E-state index is 12.4. The summed E-state index contributed by atoms with van der Waals surface area (Å²) in [6.07, 6.45) is 0.569. The minimum atomic E-state index is 0.0487. The van der Waals surface area contributed by atoms with Gasteiger partial charge in [0.25, 0.3) is 0 Å². The van der Waals surface area contributed by atoms with Crippen LogP contribution in [0.25, 0.3) is 11.3 Å². The molecule has 6 heteroatoms. The van der Waals surface area contributed by atoms with Gasteiger partial charge in [-0.15, -0.1) is 11.3 Å². The predicted molar refractivity (Wildman–Crippen MR) is 116 cm³/mol. The summed E-state index contributed by atoms with van der Waals surface area (Å²) in [5.74, 6) is 0.998. The molecule has 1 atom stereocenters. The topological polar surface area (TPSA) is 54.5 Å².